The van der Waals surface area contributed by atoms with Crippen molar-refractivity contribution in [2.45, 2.75) is 31.2 Å². The van der Waals surface area contributed by atoms with Gasteiger partial charge < -0.3 is 9.80 Å². The highest BCUT2D eigenvalue weighted by atomic mass is 19.4. The highest BCUT2D eigenvalue weighted by molar-refractivity contribution is 5.79. The van der Waals surface area contributed by atoms with Crippen LogP contribution in [0.15, 0.2) is 23.3 Å². The molecule has 5 heterocycles. The standard InChI is InChI=1S/C21H21F6N7O2/c22-20(23,24)12-5-28-18(29-6-12)34-10-19(11-34)8-33(9-19)16(35)7-32-3-1-2-15(32)14-4-13(21(25,26)27)17(36)31-30-14/h4-6,15H,1-3,7-11H2,(H,31,36). The molecule has 1 atom stereocenters. The predicted molar refractivity (Wildman–Crippen MR) is 112 cm³/mol. The van der Waals surface area contributed by atoms with E-state index in [-0.39, 0.29) is 29.5 Å². The molecule has 0 radical (unpaired) electrons. The number of H-pyrrole nitrogens is 1. The molecule has 0 aromatic carbocycles. The lowest BCUT2D eigenvalue weighted by atomic mass is 9.73. The molecular weight excluding hydrogens is 496 g/mol. The second-order valence-corrected chi connectivity index (χ2v) is 9.54. The minimum atomic E-state index is -4.81. The van der Waals surface area contributed by atoms with E-state index in [0.717, 1.165) is 18.5 Å². The van der Waals surface area contributed by atoms with E-state index in [4.69, 9.17) is 0 Å². The summed E-state index contributed by atoms with van der Waals surface area (Å²) in [5, 5.41) is 5.70. The highest BCUT2D eigenvalue weighted by Gasteiger charge is 2.54. The Labute approximate surface area is 200 Å². The molecule has 36 heavy (non-hydrogen) atoms. The first-order valence-corrected chi connectivity index (χ1v) is 11.2. The van der Waals surface area contributed by atoms with Crippen molar-refractivity contribution >= 4 is 11.9 Å². The van der Waals surface area contributed by atoms with Gasteiger partial charge in [0.05, 0.1) is 23.8 Å². The van der Waals surface area contributed by atoms with Crippen molar-refractivity contribution in [2.24, 2.45) is 5.41 Å². The van der Waals surface area contributed by atoms with Crippen LogP contribution in [0.1, 0.15) is 35.7 Å². The Bertz CT molecular complexity index is 1200. The third kappa shape index (κ3) is 4.51. The number of hydrogen-bond acceptors (Lipinski definition) is 7. The predicted octanol–water partition coefficient (Wildman–Crippen LogP) is 2.08. The molecule has 2 aromatic heterocycles. The minimum absolute atomic E-state index is 0.00857. The Morgan fingerprint density at radius 2 is 1.72 bits per heavy atom. The van der Waals surface area contributed by atoms with Gasteiger partial charge >= 0.3 is 12.4 Å². The zero-order valence-corrected chi connectivity index (χ0v) is 18.7. The third-order valence-corrected chi connectivity index (χ3v) is 6.88. The number of aromatic amines is 1. The lowest BCUT2D eigenvalue weighted by Gasteiger charge is -2.60. The smallest absolute Gasteiger partial charge is 0.340 e. The number of rotatable bonds is 4. The van der Waals surface area contributed by atoms with Crippen molar-refractivity contribution in [3.05, 3.63) is 45.6 Å². The molecule has 0 aliphatic carbocycles. The fourth-order valence-electron chi connectivity index (χ4n) is 5.10. The summed E-state index contributed by atoms with van der Waals surface area (Å²) in [6.07, 6.45) is -6.65. The van der Waals surface area contributed by atoms with Crippen LogP contribution in [-0.2, 0) is 17.1 Å². The molecule has 1 amide bonds. The maximum Gasteiger partial charge on any atom is 0.421 e. The number of halogens is 6. The fourth-order valence-corrected chi connectivity index (χ4v) is 5.10. The molecule has 9 nitrogen and oxygen atoms in total. The van der Waals surface area contributed by atoms with Crippen LogP contribution in [0.3, 0.4) is 0 Å². The van der Waals surface area contributed by atoms with Gasteiger partial charge in [0.15, 0.2) is 0 Å². The lowest BCUT2D eigenvalue weighted by Crippen LogP contribution is -2.73. The molecule has 1 N–H and O–H groups in total. The second kappa shape index (κ2) is 8.42. The van der Waals surface area contributed by atoms with Gasteiger partial charge in [-0.15, -0.1) is 0 Å². The zero-order chi connectivity index (χ0) is 25.9. The van der Waals surface area contributed by atoms with Crippen LogP contribution in [0.4, 0.5) is 32.3 Å². The Morgan fingerprint density at radius 3 is 2.33 bits per heavy atom. The minimum Gasteiger partial charge on any atom is -0.340 e. The Kier molecular flexibility index (Phi) is 5.72. The van der Waals surface area contributed by atoms with Crippen molar-refractivity contribution in [2.75, 3.05) is 44.2 Å². The van der Waals surface area contributed by atoms with Gasteiger partial charge in [-0.05, 0) is 25.5 Å². The fraction of sp³-hybridized carbons (Fsp3) is 0.571. The second-order valence-electron chi connectivity index (χ2n) is 9.54. The largest absolute Gasteiger partial charge is 0.421 e. The van der Waals surface area contributed by atoms with Gasteiger partial charge in [0, 0.05) is 44.0 Å². The monoisotopic (exact) mass is 517 g/mol. The number of amides is 1. The van der Waals surface area contributed by atoms with Crippen molar-refractivity contribution in [3.63, 3.8) is 0 Å². The third-order valence-electron chi connectivity index (χ3n) is 6.88. The van der Waals surface area contributed by atoms with Gasteiger partial charge in [-0.3, -0.25) is 14.5 Å². The van der Waals surface area contributed by atoms with Crippen molar-refractivity contribution < 1.29 is 31.1 Å². The van der Waals surface area contributed by atoms with Gasteiger partial charge in [0.25, 0.3) is 5.56 Å². The Hall–Kier alpha value is -3.23. The van der Waals surface area contributed by atoms with E-state index in [1.807, 2.05) is 5.10 Å². The number of likely N-dealkylation sites (tertiary alicyclic amines) is 2. The van der Waals surface area contributed by atoms with E-state index < -0.39 is 35.1 Å². The molecular formula is C21H21F6N7O2. The van der Waals surface area contributed by atoms with E-state index in [0.29, 0.717) is 45.6 Å². The first kappa shape index (κ1) is 24.5. The average molecular weight is 517 g/mol. The topological polar surface area (TPSA) is 98.3 Å². The summed E-state index contributed by atoms with van der Waals surface area (Å²) in [6.45, 7) is 2.48. The van der Waals surface area contributed by atoms with Gasteiger partial charge in [0.1, 0.15) is 5.56 Å². The highest BCUT2D eigenvalue weighted by Crippen LogP contribution is 2.42. The SMILES string of the molecule is O=C(CN1CCCC1c1cc(C(F)(F)F)c(=O)[nH]n1)N1CC2(C1)CN(c1ncc(C(F)(F)F)cn1)C2. The molecule has 0 saturated carbocycles. The summed E-state index contributed by atoms with van der Waals surface area (Å²) in [7, 11) is 0. The van der Waals surface area contributed by atoms with Gasteiger partial charge in [-0.25, -0.2) is 15.1 Å². The maximum atomic E-state index is 13.1. The van der Waals surface area contributed by atoms with E-state index in [1.54, 1.807) is 14.7 Å². The molecule has 5 rings (SSSR count). The molecule has 3 fully saturated rings. The van der Waals surface area contributed by atoms with Crippen molar-refractivity contribution in [1.29, 1.82) is 0 Å². The maximum absolute atomic E-state index is 13.1. The summed E-state index contributed by atoms with van der Waals surface area (Å²) in [6, 6.07) is 0.232. The van der Waals surface area contributed by atoms with E-state index in [2.05, 4.69) is 15.1 Å². The number of carbonyl (C=O) groups excluding carboxylic acids is 1. The van der Waals surface area contributed by atoms with Gasteiger partial charge in [0.2, 0.25) is 11.9 Å². The molecule has 194 valence electrons. The molecule has 1 unspecified atom stereocenters. The average Bonchev–Trinajstić information content (AvgIpc) is 3.19. The summed E-state index contributed by atoms with van der Waals surface area (Å²) < 4.78 is 77.4. The van der Waals surface area contributed by atoms with Crippen LogP contribution >= 0.6 is 0 Å². The van der Waals surface area contributed by atoms with E-state index >= 15 is 0 Å². The number of nitrogens with one attached hydrogen (secondary N) is 1. The van der Waals surface area contributed by atoms with Crippen LogP contribution < -0.4 is 10.5 Å². The Balaban J connectivity index is 1.15. The van der Waals surface area contributed by atoms with Crippen molar-refractivity contribution in [1.82, 2.24) is 30.0 Å². The normalized spacial score (nSPS) is 22.0. The number of anilines is 1. The van der Waals surface area contributed by atoms with Gasteiger partial charge in [-0.2, -0.15) is 31.4 Å². The summed E-state index contributed by atoms with van der Waals surface area (Å²) in [5.41, 5.74) is -3.66. The van der Waals surface area contributed by atoms with Gasteiger partial charge in [-0.1, -0.05) is 0 Å². The number of hydrogen-bond donors (Lipinski definition) is 1. The number of alkyl halides is 6. The molecule has 1 spiro atoms. The zero-order valence-electron chi connectivity index (χ0n) is 18.7. The van der Waals surface area contributed by atoms with Crippen molar-refractivity contribution in [3.8, 4) is 0 Å². The summed E-state index contributed by atoms with van der Waals surface area (Å²) in [4.78, 5) is 37.1. The number of carbonyl (C=O) groups is 1. The van der Waals surface area contributed by atoms with Crippen LogP contribution in [0.2, 0.25) is 0 Å². The van der Waals surface area contributed by atoms with Crippen LogP contribution in [0, 0.1) is 5.41 Å². The van der Waals surface area contributed by atoms with E-state index in [1.165, 1.54) is 0 Å². The Morgan fingerprint density at radius 1 is 1.06 bits per heavy atom. The quantitative estimate of drug-likeness (QED) is 0.621. The number of aromatic nitrogens is 4. The molecule has 3 aliphatic rings. The molecule has 3 aliphatic heterocycles. The number of nitrogens with zero attached hydrogens (tertiary/aromatic N) is 6. The molecule has 15 heteroatoms. The van der Waals surface area contributed by atoms with Crippen LogP contribution in [0.25, 0.3) is 0 Å². The first-order valence-electron chi connectivity index (χ1n) is 11.2. The summed E-state index contributed by atoms with van der Waals surface area (Å²) >= 11 is 0. The molecule has 0 bridgehead atoms. The molecule has 3 saturated heterocycles. The summed E-state index contributed by atoms with van der Waals surface area (Å²) in [5.74, 6) is 0.0298. The molecule has 2 aromatic rings. The van der Waals surface area contributed by atoms with E-state index in [9.17, 15) is 35.9 Å². The first-order chi connectivity index (χ1) is 16.8. The van der Waals surface area contributed by atoms with Crippen LogP contribution in [0.5, 0.6) is 0 Å². The van der Waals surface area contributed by atoms with Crippen LogP contribution in [-0.4, -0.2) is 75.1 Å². The lowest BCUT2D eigenvalue weighted by molar-refractivity contribution is -0.146.